The standard InChI is InChI=1S/C15H18BrN3S/c1-4-17-11(3)12-5-6-14(13(16)7-12)20-15-18-8-10(2)9-19-15/h5-9,11,17H,4H2,1-3H3. The van der Waals surface area contributed by atoms with Crippen LogP contribution in [0.5, 0.6) is 0 Å². The van der Waals surface area contributed by atoms with E-state index in [2.05, 4.69) is 63.3 Å². The largest absolute Gasteiger partial charge is 0.310 e. The van der Waals surface area contributed by atoms with Crippen molar-refractivity contribution in [3.8, 4) is 0 Å². The summed E-state index contributed by atoms with van der Waals surface area (Å²) in [5, 5.41) is 4.18. The van der Waals surface area contributed by atoms with Gasteiger partial charge in [0.15, 0.2) is 5.16 Å². The maximum absolute atomic E-state index is 4.32. The van der Waals surface area contributed by atoms with Crippen LogP contribution in [0.15, 0.2) is 45.1 Å². The minimum absolute atomic E-state index is 0.353. The van der Waals surface area contributed by atoms with Gasteiger partial charge in [-0.05, 0) is 71.3 Å². The van der Waals surface area contributed by atoms with Crippen LogP contribution < -0.4 is 5.32 Å². The number of benzene rings is 1. The predicted molar refractivity (Wildman–Crippen MR) is 87.1 cm³/mol. The summed E-state index contributed by atoms with van der Waals surface area (Å²) >= 11 is 5.20. The normalized spacial score (nSPS) is 12.4. The SMILES string of the molecule is CCNC(C)c1ccc(Sc2ncc(C)cn2)c(Br)c1. The molecular weight excluding hydrogens is 334 g/mol. The van der Waals surface area contributed by atoms with Gasteiger partial charge in [0.05, 0.1) is 0 Å². The third kappa shape index (κ3) is 4.04. The first-order valence-electron chi connectivity index (χ1n) is 6.59. The fraction of sp³-hybridized carbons (Fsp3) is 0.333. The van der Waals surface area contributed by atoms with Gasteiger partial charge in [0.1, 0.15) is 0 Å². The van der Waals surface area contributed by atoms with Crippen LogP contribution in [0.2, 0.25) is 0 Å². The van der Waals surface area contributed by atoms with Crippen molar-refractivity contribution in [1.82, 2.24) is 15.3 Å². The van der Waals surface area contributed by atoms with Crippen LogP contribution in [0.3, 0.4) is 0 Å². The molecule has 0 aliphatic heterocycles. The quantitative estimate of drug-likeness (QED) is 0.811. The molecule has 0 amide bonds. The fourth-order valence-electron chi connectivity index (χ4n) is 1.83. The molecule has 0 fully saturated rings. The maximum atomic E-state index is 4.32. The zero-order chi connectivity index (χ0) is 14.5. The van der Waals surface area contributed by atoms with Crippen LogP contribution in [-0.4, -0.2) is 16.5 Å². The van der Waals surface area contributed by atoms with Gasteiger partial charge in [-0.15, -0.1) is 0 Å². The van der Waals surface area contributed by atoms with E-state index in [0.29, 0.717) is 6.04 Å². The van der Waals surface area contributed by atoms with Crippen molar-refractivity contribution in [3.63, 3.8) is 0 Å². The summed E-state index contributed by atoms with van der Waals surface area (Å²) in [6.45, 7) is 7.24. The molecule has 106 valence electrons. The minimum atomic E-state index is 0.353. The molecule has 2 aromatic rings. The van der Waals surface area contributed by atoms with Gasteiger partial charge in [0.25, 0.3) is 0 Å². The summed E-state index contributed by atoms with van der Waals surface area (Å²) in [4.78, 5) is 9.77. The molecule has 1 unspecified atom stereocenters. The number of halogens is 1. The lowest BCUT2D eigenvalue weighted by Crippen LogP contribution is -2.17. The second-order valence-corrected chi connectivity index (χ2v) is 6.48. The van der Waals surface area contributed by atoms with Crippen LogP contribution in [-0.2, 0) is 0 Å². The smallest absolute Gasteiger partial charge is 0.192 e. The Labute approximate surface area is 132 Å². The summed E-state index contributed by atoms with van der Waals surface area (Å²) in [5.41, 5.74) is 2.34. The van der Waals surface area contributed by atoms with Crippen LogP contribution in [0, 0.1) is 6.92 Å². The van der Waals surface area contributed by atoms with Crippen molar-refractivity contribution in [1.29, 1.82) is 0 Å². The van der Waals surface area contributed by atoms with Crippen molar-refractivity contribution < 1.29 is 0 Å². The number of nitrogens with zero attached hydrogens (tertiary/aromatic N) is 2. The average molecular weight is 352 g/mol. The highest BCUT2D eigenvalue weighted by molar-refractivity contribution is 9.10. The van der Waals surface area contributed by atoms with Gasteiger partial charge in [-0.1, -0.05) is 13.0 Å². The number of rotatable bonds is 5. The minimum Gasteiger partial charge on any atom is -0.310 e. The van der Waals surface area contributed by atoms with Crippen molar-refractivity contribution in [2.75, 3.05) is 6.54 Å². The molecule has 0 saturated carbocycles. The molecule has 20 heavy (non-hydrogen) atoms. The van der Waals surface area contributed by atoms with E-state index in [-0.39, 0.29) is 0 Å². The molecule has 1 aromatic heterocycles. The highest BCUT2D eigenvalue weighted by Crippen LogP contribution is 2.33. The van der Waals surface area contributed by atoms with E-state index in [1.165, 1.54) is 5.56 Å². The Morgan fingerprint density at radius 1 is 1.30 bits per heavy atom. The molecule has 0 aliphatic carbocycles. The van der Waals surface area contributed by atoms with Gasteiger partial charge < -0.3 is 5.32 Å². The molecule has 1 atom stereocenters. The van der Waals surface area contributed by atoms with Crippen molar-refractivity contribution >= 4 is 27.7 Å². The number of aromatic nitrogens is 2. The number of aryl methyl sites for hydroxylation is 1. The van der Waals surface area contributed by atoms with E-state index in [0.717, 1.165) is 26.6 Å². The first-order chi connectivity index (χ1) is 9.60. The fourth-order valence-corrected chi connectivity index (χ4v) is 3.16. The molecular formula is C15H18BrN3S. The molecule has 2 rings (SSSR count). The monoisotopic (exact) mass is 351 g/mol. The van der Waals surface area contributed by atoms with Crippen molar-refractivity contribution in [2.24, 2.45) is 0 Å². The zero-order valence-electron chi connectivity index (χ0n) is 11.9. The third-order valence-corrected chi connectivity index (χ3v) is 4.81. The van der Waals surface area contributed by atoms with E-state index >= 15 is 0 Å². The van der Waals surface area contributed by atoms with Gasteiger partial charge in [0, 0.05) is 27.8 Å². The van der Waals surface area contributed by atoms with Crippen molar-refractivity contribution in [3.05, 3.63) is 46.2 Å². The summed E-state index contributed by atoms with van der Waals surface area (Å²) < 4.78 is 1.08. The number of hydrogen-bond acceptors (Lipinski definition) is 4. The first-order valence-corrected chi connectivity index (χ1v) is 8.20. The Morgan fingerprint density at radius 2 is 2.00 bits per heavy atom. The Kier molecular flexibility index (Phi) is 5.57. The summed E-state index contributed by atoms with van der Waals surface area (Å²) in [6.07, 6.45) is 3.68. The van der Waals surface area contributed by atoms with Gasteiger partial charge >= 0.3 is 0 Å². The Balaban J connectivity index is 2.15. The topological polar surface area (TPSA) is 37.8 Å². The molecule has 0 bridgehead atoms. The van der Waals surface area contributed by atoms with Crippen LogP contribution >= 0.6 is 27.7 Å². The highest BCUT2D eigenvalue weighted by Gasteiger charge is 2.09. The third-order valence-electron chi connectivity index (χ3n) is 2.92. The molecule has 5 heteroatoms. The zero-order valence-corrected chi connectivity index (χ0v) is 14.3. The molecule has 0 saturated heterocycles. The van der Waals surface area contributed by atoms with E-state index in [9.17, 15) is 0 Å². The molecule has 1 N–H and O–H groups in total. The molecule has 0 radical (unpaired) electrons. The first kappa shape index (κ1) is 15.5. The predicted octanol–water partition coefficient (Wildman–Crippen LogP) is 4.37. The lowest BCUT2D eigenvalue weighted by atomic mass is 10.1. The second kappa shape index (κ2) is 7.20. The Hall–Kier alpha value is -0.910. The van der Waals surface area contributed by atoms with Crippen LogP contribution in [0.1, 0.15) is 31.0 Å². The molecule has 0 spiro atoms. The number of hydrogen-bond donors (Lipinski definition) is 1. The second-order valence-electron chi connectivity index (χ2n) is 4.61. The van der Waals surface area contributed by atoms with Gasteiger partial charge in [-0.3, -0.25) is 0 Å². The van der Waals surface area contributed by atoms with Gasteiger partial charge in [-0.25, -0.2) is 9.97 Å². The molecule has 1 heterocycles. The average Bonchev–Trinajstić information content (AvgIpc) is 2.43. The van der Waals surface area contributed by atoms with Crippen LogP contribution in [0.4, 0.5) is 0 Å². The summed E-state index contributed by atoms with van der Waals surface area (Å²) in [6, 6.07) is 6.77. The van der Waals surface area contributed by atoms with Crippen LogP contribution in [0.25, 0.3) is 0 Å². The highest BCUT2D eigenvalue weighted by atomic mass is 79.9. The summed E-state index contributed by atoms with van der Waals surface area (Å²) in [7, 11) is 0. The van der Waals surface area contributed by atoms with Gasteiger partial charge in [-0.2, -0.15) is 0 Å². The lowest BCUT2D eigenvalue weighted by Gasteiger charge is -2.14. The van der Waals surface area contributed by atoms with Gasteiger partial charge in [0.2, 0.25) is 0 Å². The van der Waals surface area contributed by atoms with E-state index in [4.69, 9.17) is 0 Å². The maximum Gasteiger partial charge on any atom is 0.192 e. The van der Waals surface area contributed by atoms with E-state index in [1.807, 2.05) is 19.3 Å². The lowest BCUT2D eigenvalue weighted by molar-refractivity contribution is 0.597. The Bertz CT molecular complexity index is 572. The van der Waals surface area contributed by atoms with E-state index < -0.39 is 0 Å². The summed E-state index contributed by atoms with van der Waals surface area (Å²) in [5.74, 6) is 0. The number of nitrogens with one attached hydrogen (secondary N) is 1. The molecule has 3 nitrogen and oxygen atoms in total. The molecule has 0 aliphatic rings. The van der Waals surface area contributed by atoms with E-state index in [1.54, 1.807) is 11.8 Å². The Morgan fingerprint density at radius 3 is 2.60 bits per heavy atom. The van der Waals surface area contributed by atoms with Crippen molar-refractivity contribution in [2.45, 2.75) is 36.9 Å². The molecule has 1 aromatic carbocycles.